The first kappa shape index (κ1) is 20.2. The van der Waals surface area contributed by atoms with E-state index in [0.29, 0.717) is 5.92 Å². The molecule has 1 heteroatoms. The number of allylic oxidation sites excluding steroid dienone is 2. The molecule has 1 aromatic carbocycles. The van der Waals surface area contributed by atoms with Gasteiger partial charge in [-0.2, -0.15) is 5.26 Å². The Morgan fingerprint density at radius 2 is 1.44 bits per heavy atom. The van der Waals surface area contributed by atoms with E-state index in [9.17, 15) is 0 Å². The van der Waals surface area contributed by atoms with E-state index in [1.165, 1.54) is 82.6 Å². The smallest absolute Gasteiger partial charge is 0.0991 e. The van der Waals surface area contributed by atoms with Crippen LogP contribution < -0.4 is 0 Å². The molecular weight excluding hydrogens is 326 g/mol. The van der Waals surface area contributed by atoms with E-state index in [4.69, 9.17) is 5.26 Å². The number of hydrogen-bond donors (Lipinski definition) is 0. The van der Waals surface area contributed by atoms with Gasteiger partial charge in [0.2, 0.25) is 0 Å². The van der Waals surface area contributed by atoms with E-state index in [-0.39, 0.29) is 0 Å². The second-order valence-electron chi connectivity index (χ2n) is 9.01. The van der Waals surface area contributed by atoms with Crippen LogP contribution in [-0.4, -0.2) is 0 Å². The van der Waals surface area contributed by atoms with Crippen molar-refractivity contribution in [2.75, 3.05) is 0 Å². The normalized spacial score (nSPS) is 28.9. The molecule has 0 N–H and O–H groups in total. The summed E-state index contributed by atoms with van der Waals surface area (Å²) >= 11 is 0. The minimum Gasteiger partial charge on any atom is -0.192 e. The first-order valence-corrected chi connectivity index (χ1v) is 11.5. The van der Waals surface area contributed by atoms with Crippen LogP contribution in [0.5, 0.6) is 0 Å². The molecule has 1 aromatic rings. The van der Waals surface area contributed by atoms with Gasteiger partial charge in [-0.25, -0.2) is 0 Å². The SMILES string of the molecule is CCCCCC1CCC(/C=C/C2CCC(c3ccc(C#N)cc3)CC2)CC1. The molecule has 1 nitrogen and oxygen atoms in total. The van der Waals surface area contributed by atoms with Crippen molar-refractivity contribution in [2.24, 2.45) is 17.8 Å². The van der Waals surface area contributed by atoms with Gasteiger partial charge < -0.3 is 0 Å². The van der Waals surface area contributed by atoms with E-state index < -0.39 is 0 Å². The first-order valence-electron chi connectivity index (χ1n) is 11.5. The van der Waals surface area contributed by atoms with Gasteiger partial charge in [0.05, 0.1) is 11.6 Å². The summed E-state index contributed by atoms with van der Waals surface area (Å²) in [6.45, 7) is 2.31. The van der Waals surface area contributed by atoms with Gasteiger partial charge >= 0.3 is 0 Å². The summed E-state index contributed by atoms with van der Waals surface area (Å²) in [5, 5.41) is 8.95. The fourth-order valence-corrected chi connectivity index (χ4v) is 5.14. The molecule has 0 spiro atoms. The van der Waals surface area contributed by atoms with E-state index >= 15 is 0 Å². The summed E-state index contributed by atoms with van der Waals surface area (Å²) in [4.78, 5) is 0. The lowest BCUT2D eigenvalue weighted by atomic mass is 9.76. The zero-order valence-electron chi connectivity index (χ0n) is 17.2. The summed E-state index contributed by atoms with van der Waals surface area (Å²) in [6, 6.07) is 10.5. The highest BCUT2D eigenvalue weighted by molar-refractivity contribution is 5.33. The highest BCUT2D eigenvalue weighted by Gasteiger charge is 2.22. The maximum atomic E-state index is 8.95. The van der Waals surface area contributed by atoms with Gasteiger partial charge in [0.25, 0.3) is 0 Å². The zero-order valence-corrected chi connectivity index (χ0v) is 17.2. The number of nitrogens with zero attached hydrogens (tertiary/aromatic N) is 1. The summed E-state index contributed by atoms with van der Waals surface area (Å²) in [6.07, 6.45) is 21.9. The molecule has 2 aliphatic carbocycles. The highest BCUT2D eigenvalue weighted by atomic mass is 14.3. The maximum Gasteiger partial charge on any atom is 0.0991 e. The fourth-order valence-electron chi connectivity index (χ4n) is 5.14. The second-order valence-corrected chi connectivity index (χ2v) is 9.01. The Hall–Kier alpha value is -1.55. The molecule has 2 aliphatic rings. The van der Waals surface area contributed by atoms with Crippen LogP contribution >= 0.6 is 0 Å². The van der Waals surface area contributed by atoms with Crippen molar-refractivity contribution in [2.45, 2.75) is 89.9 Å². The predicted octanol–water partition coefficient (Wildman–Crippen LogP) is 7.77. The molecule has 0 bridgehead atoms. The topological polar surface area (TPSA) is 23.8 Å². The number of benzene rings is 1. The van der Waals surface area contributed by atoms with E-state index in [2.05, 4.69) is 37.3 Å². The van der Waals surface area contributed by atoms with Crippen LogP contribution in [0.4, 0.5) is 0 Å². The van der Waals surface area contributed by atoms with E-state index in [1.54, 1.807) is 0 Å². The average molecular weight is 364 g/mol. The van der Waals surface area contributed by atoms with Crippen LogP contribution in [0.25, 0.3) is 0 Å². The van der Waals surface area contributed by atoms with Crippen molar-refractivity contribution in [1.29, 1.82) is 5.26 Å². The van der Waals surface area contributed by atoms with Crippen LogP contribution in [0, 0.1) is 29.1 Å². The Labute approximate surface area is 166 Å². The molecule has 0 aromatic heterocycles. The molecule has 0 atom stereocenters. The summed E-state index contributed by atoms with van der Waals surface area (Å²) in [5.74, 6) is 3.36. The number of rotatable bonds is 7. The Kier molecular flexibility index (Phi) is 8.00. The van der Waals surface area contributed by atoms with E-state index in [0.717, 1.165) is 23.3 Å². The van der Waals surface area contributed by atoms with Crippen LogP contribution in [-0.2, 0) is 0 Å². The molecule has 0 aliphatic heterocycles. The lowest BCUT2D eigenvalue weighted by molar-refractivity contribution is 0.288. The first-order chi connectivity index (χ1) is 13.3. The fraction of sp³-hybridized carbons (Fsp3) is 0.654. The van der Waals surface area contributed by atoms with Crippen molar-refractivity contribution < 1.29 is 0 Å². The van der Waals surface area contributed by atoms with Gasteiger partial charge in [-0.05, 0) is 92.7 Å². The van der Waals surface area contributed by atoms with Crippen LogP contribution in [0.2, 0.25) is 0 Å². The molecule has 2 fully saturated rings. The third-order valence-electron chi connectivity index (χ3n) is 7.05. The standard InChI is InChI=1S/C26H37N/c1-2-3-4-5-21-6-8-22(9-7-21)10-11-23-12-16-25(17-13-23)26-18-14-24(20-27)15-19-26/h10-11,14-15,18-19,21-23,25H,2-9,12-13,16-17H2,1H3/b11-10+. The predicted molar refractivity (Wildman–Crippen MR) is 115 cm³/mol. The largest absolute Gasteiger partial charge is 0.192 e. The molecule has 0 amide bonds. The minimum atomic E-state index is 0.695. The lowest BCUT2D eigenvalue weighted by Gasteiger charge is -2.29. The van der Waals surface area contributed by atoms with Crippen molar-refractivity contribution >= 4 is 0 Å². The summed E-state index contributed by atoms with van der Waals surface area (Å²) in [7, 11) is 0. The molecule has 27 heavy (non-hydrogen) atoms. The molecule has 0 heterocycles. The van der Waals surface area contributed by atoms with Crippen LogP contribution in [0.1, 0.15) is 101 Å². The summed E-state index contributed by atoms with van der Waals surface area (Å²) < 4.78 is 0. The molecule has 146 valence electrons. The lowest BCUT2D eigenvalue weighted by Crippen LogP contribution is -2.14. The van der Waals surface area contributed by atoms with Crippen molar-refractivity contribution in [3.8, 4) is 6.07 Å². The molecule has 3 rings (SSSR count). The Balaban J connectivity index is 1.37. The van der Waals surface area contributed by atoms with Crippen molar-refractivity contribution in [1.82, 2.24) is 0 Å². The van der Waals surface area contributed by atoms with Crippen LogP contribution in [0.3, 0.4) is 0 Å². The maximum absolute atomic E-state index is 8.95. The van der Waals surface area contributed by atoms with Gasteiger partial charge in [0.15, 0.2) is 0 Å². The average Bonchev–Trinajstić information content (AvgIpc) is 2.74. The second kappa shape index (κ2) is 10.7. The molecule has 0 unspecified atom stereocenters. The molecular formula is C26H37N. The van der Waals surface area contributed by atoms with Crippen LogP contribution in [0.15, 0.2) is 36.4 Å². The molecule has 0 saturated heterocycles. The monoisotopic (exact) mass is 363 g/mol. The third kappa shape index (κ3) is 6.24. The van der Waals surface area contributed by atoms with E-state index in [1.807, 2.05) is 12.1 Å². The van der Waals surface area contributed by atoms with Crippen molar-refractivity contribution in [3.63, 3.8) is 0 Å². The Morgan fingerprint density at radius 1 is 0.852 bits per heavy atom. The quantitative estimate of drug-likeness (QED) is 0.358. The summed E-state index contributed by atoms with van der Waals surface area (Å²) in [5.41, 5.74) is 2.20. The molecule has 0 radical (unpaired) electrons. The third-order valence-corrected chi connectivity index (χ3v) is 7.05. The minimum absolute atomic E-state index is 0.695. The number of nitriles is 1. The number of hydrogen-bond acceptors (Lipinski definition) is 1. The zero-order chi connectivity index (χ0) is 18.9. The van der Waals surface area contributed by atoms with Gasteiger partial charge in [0.1, 0.15) is 0 Å². The number of unbranched alkanes of at least 4 members (excludes halogenated alkanes) is 2. The van der Waals surface area contributed by atoms with Gasteiger partial charge in [-0.1, -0.05) is 56.9 Å². The Morgan fingerprint density at radius 3 is 2.00 bits per heavy atom. The van der Waals surface area contributed by atoms with Gasteiger partial charge in [-0.15, -0.1) is 0 Å². The van der Waals surface area contributed by atoms with Gasteiger partial charge in [0, 0.05) is 0 Å². The highest BCUT2D eigenvalue weighted by Crippen LogP contribution is 2.37. The van der Waals surface area contributed by atoms with Gasteiger partial charge in [-0.3, -0.25) is 0 Å². The Bertz CT molecular complexity index is 605. The molecule has 2 saturated carbocycles. The van der Waals surface area contributed by atoms with Crippen molar-refractivity contribution in [3.05, 3.63) is 47.5 Å².